The van der Waals surface area contributed by atoms with Gasteiger partial charge in [0, 0.05) is 6.54 Å². The van der Waals surface area contributed by atoms with E-state index in [0.717, 1.165) is 32.4 Å². The van der Waals surface area contributed by atoms with E-state index in [9.17, 15) is 8.42 Å². The Bertz CT molecular complexity index is 369. The fourth-order valence-corrected chi connectivity index (χ4v) is 5.03. The van der Waals surface area contributed by atoms with Crippen molar-refractivity contribution in [3.8, 4) is 0 Å². The van der Waals surface area contributed by atoms with Crippen LogP contribution in [-0.4, -0.2) is 33.8 Å². The van der Waals surface area contributed by atoms with E-state index in [1.807, 2.05) is 0 Å². The molecular weight excluding hydrogens is 260 g/mol. The molecule has 2 fully saturated rings. The lowest BCUT2D eigenvalue weighted by Gasteiger charge is -2.28. The minimum atomic E-state index is -3.11. The van der Waals surface area contributed by atoms with Crippen molar-refractivity contribution < 1.29 is 8.42 Å². The summed E-state index contributed by atoms with van der Waals surface area (Å²) in [4.78, 5) is 0. The normalized spacial score (nSPS) is 27.5. The van der Waals surface area contributed by atoms with E-state index in [-0.39, 0.29) is 11.3 Å². The fraction of sp³-hybridized carbons (Fsp3) is 1.00. The Morgan fingerprint density at radius 2 is 2.00 bits per heavy atom. The molecule has 1 aliphatic carbocycles. The zero-order valence-corrected chi connectivity index (χ0v) is 12.9. The average molecular weight is 288 g/mol. The van der Waals surface area contributed by atoms with Crippen molar-refractivity contribution in [2.75, 3.05) is 25.4 Å². The van der Waals surface area contributed by atoms with Gasteiger partial charge in [0.05, 0.1) is 5.75 Å². The molecule has 1 atom stereocenters. The van der Waals surface area contributed by atoms with E-state index in [1.54, 1.807) is 0 Å². The van der Waals surface area contributed by atoms with E-state index >= 15 is 0 Å². The van der Waals surface area contributed by atoms with Crippen molar-refractivity contribution in [3.05, 3.63) is 0 Å². The molecule has 0 aromatic heterocycles. The van der Waals surface area contributed by atoms with Crippen LogP contribution in [0.1, 0.15) is 51.9 Å². The third-order valence-corrected chi connectivity index (χ3v) is 6.43. The predicted octanol–water partition coefficient (Wildman–Crippen LogP) is 1.88. The standard InChI is InChI=1S/C14H28N2O2S/c1-2-14(7-3-4-8-14)12-16-19(17,18)11-13-6-5-9-15-10-13/h13,15-16H,2-12H2,1H3. The Kier molecular flexibility index (Phi) is 5.26. The summed E-state index contributed by atoms with van der Waals surface area (Å²) in [6.45, 7) is 4.71. The molecule has 1 saturated carbocycles. The molecule has 0 aromatic rings. The van der Waals surface area contributed by atoms with Crippen LogP contribution >= 0.6 is 0 Å². The maximum atomic E-state index is 12.2. The summed E-state index contributed by atoms with van der Waals surface area (Å²) < 4.78 is 27.2. The summed E-state index contributed by atoms with van der Waals surface area (Å²) >= 11 is 0. The molecule has 0 radical (unpaired) electrons. The maximum absolute atomic E-state index is 12.2. The molecule has 2 N–H and O–H groups in total. The number of hydrogen-bond acceptors (Lipinski definition) is 3. The SMILES string of the molecule is CCC1(CNS(=O)(=O)CC2CCCNC2)CCCC1. The molecule has 1 heterocycles. The average Bonchev–Trinajstić information content (AvgIpc) is 2.87. The lowest BCUT2D eigenvalue weighted by atomic mass is 9.84. The van der Waals surface area contributed by atoms with Gasteiger partial charge >= 0.3 is 0 Å². The van der Waals surface area contributed by atoms with Crippen LogP contribution < -0.4 is 10.0 Å². The van der Waals surface area contributed by atoms with Crippen molar-refractivity contribution in [3.63, 3.8) is 0 Å². The number of hydrogen-bond donors (Lipinski definition) is 2. The minimum Gasteiger partial charge on any atom is -0.316 e. The molecule has 1 unspecified atom stereocenters. The first kappa shape index (κ1) is 15.3. The number of piperidine rings is 1. The highest BCUT2D eigenvalue weighted by molar-refractivity contribution is 7.89. The smallest absolute Gasteiger partial charge is 0.211 e. The first-order valence-electron chi connectivity index (χ1n) is 7.73. The van der Waals surface area contributed by atoms with Crippen LogP contribution in [0.4, 0.5) is 0 Å². The topological polar surface area (TPSA) is 58.2 Å². The van der Waals surface area contributed by atoms with E-state index < -0.39 is 10.0 Å². The van der Waals surface area contributed by atoms with Gasteiger partial charge in [0.25, 0.3) is 0 Å². The second-order valence-electron chi connectivity index (χ2n) is 6.38. The predicted molar refractivity (Wildman–Crippen MR) is 78.6 cm³/mol. The molecule has 0 bridgehead atoms. The quantitative estimate of drug-likeness (QED) is 0.784. The third-order valence-electron chi connectivity index (χ3n) is 4.94. The number of rotatable bonds is 6. The van der Waals surface area contributed by atoms with Crippen LogP contribution in [0.3, 0.4) is 0 Å². The second kappa shape index (κ2) is 6.55. The van der Waals surface area contributed by atoms with Gasteiger partial charge in [-0.15, -0.1) is 0 Å². The molecule has 112 valence electrons. The zero-order chi connectivity index (χ0) is 13.8. The minimum absolute atomic E-state index is 0.234. The lowest BCUT2D eigenvalue weighted by Crippen LogP contribution is -2.41. The Labute approximate surface area is 117 Å². The summed E-state index contributed by atoms with van der Waals surface area (Å²) in [6, 6.07) is 0. The summed E-state index contributed by atoms with van der Waals surface area (Å²) in [5, 5.41) is 3.28. The number of sulfonamides is 1. The van der Waals surface area contributed by atoms with Gasteiger partial charge in [-0.05, 0) is 56.5 Å². The van der Waals surface area contributed by atoms with E-state index in [4.69, 9.17) is 0 Å². The Morgan fingerprint density at radius 3 is 2.58 bits per heavy atom. The molecule has 1 aliphatic heterocycles. The molecule has 0 spiro atoms. The number of nitrogens with one attached hydrogen (secondary N) is 2. The second-order valence-corrected chi connectivity index (χ2v) is 8.23. The van der Waals surface area contributed by atoms with Gasteiger partial charge in [0.15, 0.2) is 0 Å². The van der Waals surface area contributed by atoms with Crippen LogP contribution in [0.2, 0.25) is 0 Å². The van der Waals surface area contributed by atoms with Crippen molar-refractivity contribution in [1.29, 1.82) is 0 Å². The van der Waals surface area contributed by atoms with E-state index in [1.165, 1.54) is 25.7 Å². The highest BCUT2D eigenvalue weighted by Crippen LogP contribution is 2.40. The van der Waals surface area contributed by atoms with Gasteiger partial charge in [-0.25, -0.2) is 13.1 Å². The molecule has 0 amide bonds. The van der Waals surface area contributed by atoms with Gasteiger partial charge in [-0.2, -0.15) is 0 Å². The van der Waals surface area contributed by atoms with E-state index in [0.29, 0.717) is 12.3 Å². The van der Waals surface area contributed by atoms with Crippen LogP contribution in [-0.2, 0) is 10.0 Å². The lowest BCUT2D eigenvalue weighted by molar-refractivity contribution is 0.285. The first-order valence-corrected chi connectivity index (χ1v) is 9.39. The van der Waals surface area contributed by atoms with Gasteiger partial charge in [-0.3, -0.25) is 0 Å². The summed E-state index contributed by atoms with van der Waals surface area (Å²) in [6.07, 6.45) is 8.07. The molecule has 4 nitrogen and oxygen atoms in total. The molecule has 1 saturated heterocycles. The van der Waals surface area contributed by atoms with Crippen LogP contribution in [0.5, 0.6) is 0 Å². The van der Waals surface area contributed by atoms with Gasteiger partial charge in [-0.1, -0.05) is 19.8 Å². The summed E-state index contributed by atoms with van der Waals surface area (Å²) in [7, 11) is -3.11. The molecule has 5 heteroatoms. The molecule has 19 heavy (non-hydrogen) atoms. The highest BCUT2D eigenvalue weighted by Gasteiger charge is 2.33. The molecule has 0 aromatic carbocycles. The summed E-state index contributed by atoms with van der Waals surface area (Å²) in [5.74, 6) is 0.576. The zero-order valence-electron chi connectivity index (χ0n) is 12.1. The van der Waals surface area contributed by atoms with Gasteiger partial charge in [0.2, 0.25) is 10.0 Å². The van der Waals surface area contributed by atoms with Crippen LogP contribution in [0, 0.1) is 11.3 Å². The van der Waals surface area contributed by atoms with Crippen molar-refractivity contribution in [2.24, 2.45) is 11.3 Å². The summed E-state index contributed by atoms with van der Waals surface area (Å²) in [5.41, 5.74) is 0.234. The largest absolute Gasteiger partial charge is 0.316 e. The third kappa shape index (κ3) is 4.43. The Morgan fingerprint density at radius 1 is 1.26 bits per heavy atom. The maximum Gasteiger partial charge on any atom is 0.211 e. The van der Waals surface area contributed by atoms with E-state index in [2.05, 4.69) is 17.0 Å². The van der Waals surface area contributed by atoms with Crippen LogP contribution in [0.25, 0.3) is 0 Å². The van der Waals surface area contributed by atoms with Gasteiger partial charge < -0.3 is 5.32 Å². The monoisotopic (exact) mass is 288 g/mol. The molecule has 2 aliphatic rings. The first-order chi connectivity index (χ1) is 9.05. The fourth-order valence-electron chi connectivity index (χ4n) is 3.48. The Balaban J connectivity index is 1.83. The van der Waals surface area contributed by atoms with Crippen LogP contribution in [0.15, 0.2) is 0 Å². The molecular formula is C14H28N2O2S. The van der Waals surface area contributed by atoms with Crippen molar-refractivity contribution in [2.45, 2.75) is 51.9 Å². The molecule has 2 rings (SSSR count). The Hall–Kier alpha value is -0.130. The van der Waals surface area contributed by atoms with Crippen molar-refractivity contribution >= 4 is 10.0 Å². The highest BCUT2D eigenvalue weighted by atomic mass is 32.2. The van der Waals surface area contributed by atoms with Gasteiger partial charge in [0.1, 0.15) is 0 Å². The van der Waals surface area contributed by atoms with Crippen molar-refractivity contribution in [1.82, 2.24) is 10.0 Å².